The number of piperidine rings is 1. The van der Waals surface area contributed by atoms with Gasteiger partial charge in [-0.1, -0.05) is 12.5 Å². The number of methoxy groups -OCH3 is 1. The van der Waals surface area contributed by atoms with Gasteiger partial charge in [0.25, 0.3) is 5.91 Å². The van der Waals surface area contributed by atoms with E-state index in [0.29, 0.717) is 19.0 Å². The first-order chi connectivity index (χ1) is 12.6. The Morgan fingerprint density at radius 2 is 2.04 bits per heavy atom. The lowest BCUT2D eigenvalue weighted by molar-refractivity contribution is -0.141. The summed E-state index contributed by atoms with van der Waals surface area (Å²) < 4.78 is 5.12. The fraction of sp³-hybridized carbons (Fsp3) is 0.600. The Balaban J connectivity index is 1.55. The summed E-state index contributed by atoms with van der Waals surface area (Å²) in [5.74, 6) is 0.649. The highest BCUT2D eigenvalue weighted by atomic mass is 16.5. The van der Waals surface area contributed by atoms with Crippen LogP contribution in [0.3, 0.4) is 0 Å². The molecule has 1 aliphatic carbocycles. The molecule has 6 heteroatoms. The maximum Gasteiger partial charge on any atom is 0.257 e. The first-order valence-corrected chi connectivity index (χ1v) is 9.54. The van der Waals surface area contributed by atoms with Crippen molar-refractivity contribution in [1.82, 2.24) is 9.80 Å². The van der Waals surface area contributed by atoms with Crippen molar-refractivity contribution in [3.63, 3.8) is 0 Å². The average Bonchev–Trinajstić information content (AvgIpc) is 2.89. The number of para-hydroxylation sites is 1. The lowest BCUT2D eigenvalue weighted by atomic mass is 9.83. The molecule has 1 aromatic carbocycles. The summed E-state index contributed by atoms with van der Waals surface area (Å²) in [6.45, 7) is 1.82. The van der Waals surface area contributed by atoms with Crippen LogP contribution in [0.4, 0.5) is 0 Å². The number of hydrogen-bond donors (Lipinski definition) is 1. The number of hydrogen-bond acceptors (Lipinski definition) is 4. The predicted octanol–water partition coefficient (Wildman–Crippen LogP) is 2.26. The van der Waals surface area contributed by atoms with Crippen LogP contribution in [-0.4, -0.2) is 59.5 Å². The quantitative estimate of drug-likeness (QED) is 0.896. The zero-order valence-electron chi connectivity index (χ0n) is 15.2. The second-order valence-corrected chi connectivity index (χ2v) is 7.78. The van der Waals surface area contributed by atoms with Crippen molar-refractivity contribution in [1.29, 1.82) is 0 Å². The molecule has 4 aliphatic rings. The van der Waals surface area contributed by atoms with Crippen molar-refractivity contribution in [3.8, 4) is 11.5 Å². The van der Waals surface area contributed by atoms with Crippen molar-refractivity contribution in [2.45, 2.75) is 38.1 Å². The normalized spacial score (nSPS) is 25.8. The number of amides is 2. The number of phenols is 1. The lowest BCUT2D eigenvalue weighted by Gasteiger charge is -2.40. The van der Waals surface area contributed by atoms with E-state index in [0.717, 1.165) is 19.4 Å². The number of aromatic hydroxyl groups is 1. The summed E-state index contributed by atoms with van der Waals surface area (Å²) >= 11 is 0. The summed E-state index contributed by atoms with van der Waals surface area (Å²) in [6.07, 6.45) is 5.49. The summed E-state index contributed by atoms with van der Waals surface area (Å²) in [4.78, 5) is 29.7. The van der Waals surface area contributed by atoms with Gasteiger partial charge in [-0.3, -0.25) is 9.59 Å². The van der Waals surface area contributed by atoms with Crippen molar-refractivity contribution in [2.24, 2.45) is 11.8 Å². The molecule has 3 aliphatic heterocycles. The number of fused-ring (bicyclic) bond motifs is 4. The van der Waals surface area contributed by atoms with Gasteiger partial charge in [-0.15, -0.1) is 0 Å². The molecule has 0 aromatic heterocycles. The summed E-state index contributed by atoms with van der Waals surface area (Å²) in [7, 11) is 1.46. The molecule has 5 rings (SSSR count). The third-order valence-corrected chi connectivity index (χ3v) is 6.21. The van der Waals surface area contributed by atoms with E-state index in [1.165, 1.54) is 26.4 Å². The van der Waals surface area contributed by atoms with Crippen LogP contribution in [-0.2, 0) is 4.79 Å². The molecule has 3 saturated heterocycles. The third kappa shape index (κ3) is 2.91. The molecule has 1 N–H and O–H groups in total. The minimum atomic E-state index is -0.225. The fourth-order valence-corrected chi connectivity index (χ4v) is 4.43. The Morgan fingerprint density at radius 1 is 1.23 bits per heavy atom. The maximum absolute atomic E-state index is 13.0. The van der Waals surface area contributed by atoms with Gasteiger partial charge < -0.3 is 19.6 Å². The van der Waals surface area contributed by atoms with Gasteiger partial charge in [0.15, 0.2) is 11.5 Å². The van der Waals surface area contributed by atoms with E-state index in [2.05, 4.69) is 0 Å². The van der Waals surface area contributed by atoms with Gasteiger partial charge in [0.1, 0.15) is 0 Å². The lowest BCUT2D eigenvalue weighted by Crippen LogP contribution is -2.50. The highest BCUT2D eigenvalue weighted by Crippen LogP contribution is 2.36. The zero-order valence-corrected chi connectivity index (χ0v) is 15.2. The fourth-order valence-electron chi connectivity index (χ4n) is 4.43. The topological polar surface area (TPSA) is 70.1 Å². The molecule has 2 atom stereocenters. The number of carbonyl (C=O) groups is 2. The largest absolute Gasteiger partial charge is 0.504 e. The van der Waals surface area contributed by atoms with E-state index in [1.807, 2.05) is 4.90 Å². The van der Waals surface area contributed by atoms with Crippen LogP contribution in [0.15, 0.2) is 18.2 Å². The zero-order chi connectivity index (χ0) is 18.3. The Kier molecular flexibility index (Phi) is 4.51. The van der Waals surface area contributed by atoms with Crippen molar-refractivity contribution in [2.75, 3.05) is 26.7 Å². The highest BCUT2D eigenvalue weighted by molar-refractivity contribution is 5.98. The highest BCUT2D eigenvalue weighted by Gasteiger charge is 2.43. The smallest absolute Gasteiger partial charge is 0.257 e. The molecule has 1 saturated carbocycles. The Bertz CT molecular complexity index is 716. The SMILES string of the molecule is COc1cccc(C(=O)N2C[C@@H]3CC[C@H](C2)N(CC2CCC2)C3=O)c1O. The molecule has 3 heterocycles. The number of benzene rings is 1. The van der Waals surface area contributed by atoms with Crippen molar-refractivity contribution >= 4 is 11.8 Å². The number of phenolic OH excluding ortho intramolecular Hbond substituents is 1. The first kappa shape index (κ1) is 17.2. The van der Waals surface area contributed by atoms with Gasteiger partial charge in [0.05, 0.1) is 18.6 Å². The van der Waals surface area contributed by atoms with Gasteiger partial charge in [-0.05, 0) is 43.7 Å². The molecular formula is C20H26N2O4. The average molecular weight is 358 g/mol. The number of carbonyl (C=O) groups excluding carboxylic acids is 2. The van der Waals surface area contributed by atoms with E-state index < -0.39 is 0 Å². The van der Waals surface area contributed by atoms with E-state index in [1.54, 1.807) is 23.1 Å². The summed E-state index contributed by atoms with van der Waals surface area (Å²) in [5.41, 5.74) is 0.239. The number of ether oxygens (including phenoxy) is 1. The molecule has 0 unspecified atom stereocenters. The minimum absolute atomic E-state index is 0.0959. The second-order valence-electron chi connectivity index (χ2n) is 7.78. The molecule has 2 bridgehead atoms. The molecule has 140 valence electrons. The van der Waals surface area contributed by atoms with E-state index in [4.69, 9.17) is 4.74 Å². The molecular weight excluding hydrogens is 332 g/mol. The molecule has 1 aromatic rings. The minimum Gasteiger partial charge on any atom is -0.504 e. The van der Waals surface area contributed by atoms with Crippen LogP contribution in [0.1, 0.15) is 42.5 Å². The van der Waals surface area contributed by atoms with Gasteiger partial charge in [0, 0.05) is 25.7 Å². The molecule has 2 amide bonds. The number of rotatable bonds is 4. The van der Waals surface area contributed by atoms with Crippen molar-refractivity contribution in [3.05, 3.63) is 23.8 Å². The van der Waals surface area contributed by atoms with Crippen LogP contribution in [0.25, 0.3) is 0 Å². The maximum atomic E-state index is 13.0. The van der Waals surface area contributed by atoms with Gasteiger partial charge in [0.2, 0.25) is 5.91 Å². The Labute approximate surface area is 153 Å². The summed E-state index contributed by atoms with van der Waals surface area (Å²) in [5, 5.41) is 10.3. The molecule has 26 heavy (non-hydrogen) atoms. The predicted molar refractivity (Wildman–Crippen MR) is 96.1 cm³/mol. The van der Waals surface area contributed by atoms with Crippen LogP contribution in [0, 0.1) is 11.8 Å². The molecule has 0 spiro atoms. The van der Waals surface area contributed by atoms with E-state index in [-0.39, 0.29) is 40.8 Å². The standard InChI is InChI=1S/C20H26N2O4/c1-26-17-7-3-6-16(18(17)23)20(25)21-11-14-8-9-15(12-21)22(19(14)24)10-13-4-2-5-13/h3,6-7,13-15,23H,2,4-5,8-12H2,1H3/t14-,15+/m0/s1. The van der Waals surface area contributed by atoms with Crippen LogP contribution in [0.5, 0.6) is 11.5 Å². The van der Waals surface area contributed by atoms with E-state index in [9.17, 15) is 14.7 Å². The van der Waals surface area contributed by atoms with Gasteiger partial charge in [-0.25, -0.2) is 0 Å². The monoisotopic (exact) mass is 358 g/mol. The molecule has 4 fully saturated rings. The van der Waals surface area contributed by atoms with E-state index >= 15 is 0 Å². The van der Waals surface area contributed by atoms with Crippen molar-refractivity contribution < 1.29 is 19.4 Å². The Hall–Kier alpha value is -2.24. The number of nitrogens with zero attached hydrogens (tertiary/aromatic N) is 2. The van der Waals surface area contributed by atoms with Gasteiger partial charge in [-0.2, -0.15) is 0 Å². The van der Waals surface area contributed by atoms with Crippen LogP contribution < -0.4 is 4.74 Å². The summed E-state index contributed by atoms with van der Waals surface area (Å²) in [6, 6.07) is 5.04. The van der Waals surface area contributed by atoms with Crippen LogP contribution in [0.2, 0.25) is 0 Å². The van der Waals surface area contributed by atoms with Crippen LogP contribution >= 0.6 is 0 Å². The molecule has 0 radical (unpaired) electrons. The molecule has 6 nitrogen and oxygen atoms in total. The Morgan fingerprint density at radius 3 is 2.73 bits per heavy atom. The van der Waals surface area contributed by atoms with Gasteiger partial charge >= 0.3 is 0 Å². The third-order valence-electron chi connectivity index (χ3n) is 6.21. The first-order valence-electron chi connectivity index (χ1n) is 9.54. The second kappa shape index (κ2) is 6.82.